The number of ketones is 1. The summed E-state index contributed by atoms with van der Waals surface area (Å²) in [5, 5.41) is 0.459. The first kappa shape index (κ1) is 18.7. The number of Topliss-reactive ketones (excluding diaryl/α,β-unsaturated/α-hetero) is 1. The summed E-state index contributed by atoms with van der Waals surface area (Å²) in [5.74, 6) is 1.13. The smallest absolute Gasteiger partial charge is 0.202 e. The molecule has 1 atom stereocenters. The number of furan rings is 1. The van der Waals surface area contributed by atoms with Gasteiger partial charge in [0.1, 0.15) is 18.2 Å². The fourth-order valence-corrected chi connectivity index (χ4v) is 3.97. The molecule has 138 valence electrons. The van der Waals surface area contributed by atoms with Crippen molar-refractivity contribution in [1.29, 1.82) is 0 Å². The summed E-state index contributed by atoms with van der Waals surface area (Å²) in [6.07, 6.45) is 0.808. The third-order valence-corrected chi connectivity index (χ3v) is 5.19. The van der Waals surface area contributed by atoms with Crippen molar-refractivity contribution in [3.05, 3.63) is 58.8 Å². The van der Waals surface area contributed by atoms with Crippen molar-refractivity contribution >= 4 is 22.7 Å². The number of benzene rings is 1. The summed E-state index contributed by atoms with van der Waals surface area (Å²) in [6.45, 7) is 2.18. The van der Waals surface area contributed by atoms with E-state index in [0.717, 1.165) is 5.75 Å². The van der Waals surface area contributed by atoms with Gasteiger partial charge in [-0.2, -0.15) is 0 Å². The van der Waals surface area contributed by atoms with Crippen molar-refractivity contribution in [2.75, 3.05) is 12.9 Å². The fraction of sp³-hybridized carbons (Fsp3) is 0.368. The second-order valence-corrected chi connectivity index (χ2v) is 7.55. The third-order valence-electron chi connectivity index (χ3n) is 4.39. The molecule has 0 radical (unpaired) electrons. The summed E-state index contributed by atoms with van der Waals surface area (Å²) >= 11 is 1.47. The van der Waals surface area contributed by atoms with Crippen LogP contribution in [0.2, 0.25) is 0 Å². The highest BCUT2D eigenvalue weighted by atomic mass is 32.2. The molecule has 2 aromatic rings. The fourth-order valence-electron chi connectivity index (χ4n) is 3.00. The van der Waals surface area contributed by atoms with Gasteiger partial charge in [0.05, 0.1) is 5.54 Å². The molecule has 0 bridgehead atoms. The summed E-state index contributed by atoms with van der Waals surface area (Å²) in [5.41, 5.74) is 6.30. The highest BCUT2D eigenvalue weighted by Gasteiger charge is 2.32. The first-order chi connectivity index (χ1) is 12.4. The lowest BCUT2D eigenvalue weighted by atomic mass is 9.87. The number of thioether (sulfide) groups is 1. The van der Waals surface area contributed by atoms with Gasteiger partial charge < -0.3 is 14.9 Å². The number of nitrogens with zero attached hydrogens (tertiary/aromatic N) is 1. The van der Waals surface area contributed by atoms with Crippen molar-refractivity contribution in [3.8, 4) is 0 Å². The lowest BCUT2D eigenvalue weighted by Crippen LogP contribution is -2.29. The van der Waals surface area contributed by atoms with Crippen LogP contribution in [0.15, 0.2) is 39.7 Å². The van der Waals surface area contributed by atoms with Gasteiger partial charge in [0.15, 0.2) is 10.9 Å². The molecule has 2 heterocycles. The number of carbonyl (C=O) groups is 1. The topological polar surface area (TPSA) is 77.8 Å². The van der Waals surface area contributed by atoms with E-state index in [9.17, 15) is 9.18 Å². The van der Waals surface area contributed by atoms with E-state index in [-0.39, 0.29) is 23.8 Å². The predicted octanol–water partition coefficient (Wildman–Crippen LogP) is 3.66. The molecule has 1 aliphatic heterocycles. The number of methoxy groups -OCH3 is 1. The van der Waals surface area contributed by atoms with Crippen LogP contribution in [0.4, 0.5) is 4.39 Å². The van der Waals surface area contributed by atoms with E-state index in [0.29, 0.717) is 35.1 Å². The van der Waals surface area contributed by atoms with Crippen molar-refractivity contribution < 1.29 is 18.3 Å². The second kappa shape index (κ2) is 7.63. The Balaban J connectivity index is 1.83. The maximum absolute atomic E-state index is 14.4. The summed E-state index contributed by atoms with van der Waals surface area (Å²) < 4.78 is 24.9. The average molecular weight is 376 g/mol. The minimum Gasteiger partial charge on any atom is -0.456 e. The van der Waals surface area contributed by atoms with Crippen molar-refractivity contribution in [1.82, 2.24) is 0 Å². The lowest BCUT2D eigenvalue weighted by Gasteiger charge is -2.30. The van der Waals surface area contributed by atoms with Gasteiger partial charge in [-0.3, -0.25) is 9.79 Å². The maximum Gasteiger partial charge on any atom is 0.202 e. The quantitative estimate of drug-likeness (QED) is 0.779. The Labute approximate surface area is 155 Å². The maximum atomic E-state index is 14.4. The number of carbonyl (C=O) groups excluding carboxylic acids is 1. The summed E-state index contributed by atoms with van der Waals surface area (Å²) in [7, 11) is 1.56. The summed E-state index contributed by atoms with van der Waals surface area (Å²) in [6, 6.07) is 8.05. The van der Waals surface area contributed by atoms with E-state index in [1.807, 2.05) is 6.92 Å². The van der Waals surface area contributed by atoms with E-state index in [1.165, 1.54) is 17.8 Å². The van der Waals surface area contributed by atoms with Crippen LogP contribution in [0.25, 0.3) is 0 Å². The number of halogens is 1. The van der Waals surface area contributed by atoms with Crippen LogP contribution in [-0.2, 0) is 23.3 Å². The molecular formula is C19H21FN2O3S. The van der Waals surface area contributed by atoms with E-state index >= 15 is 0 Å². The van der Waals surface area contributed by atoms with Gasteiger partial charge in [-0.1, -0.05) is 17.8 Å². The largest absolute Gasteiger partial charge is 0.456 e. The van der Waals surface area contributed by atoms with Gasteiger partial charge in [0.25, 0.3) is 0 Å². The van der Waals surface area contributed by atoms with Crippen LogP contribution < -0.4 is 5.73 Å². The number of amidine groups is 1. The summed E-state index contributed by atoms with van der Waals surface area (Å²) in [4.78, 5) is 16.9. The van der Waals surface area contributed by atoms with Crippen LogP contribution in [0.5, 0.6) is 0 Å². The van der Waals surface area contributed by atoms with Gasteiger partial charge in [-0.05, 0) is 43.2 Å². The van der Waals surface area contributed by atoms with E-state index in [4.69, 9.17) is 14.9 Å². The lowest BCUT2D eigenvalue weighted by molar-refractivity contribution is 0.0957. The standard InChI is InChI=1S/C19H21FN2O3S/c1-19(7-8-26-18(21)22-19)14-9-12(3-5-15(14)20)10-16(23)17-6-4-13(25-17)11-24-2/h3-6,9H,7-8,10-11H2,1-2H3,(H2,21,22)/t19-/m0/s1. The Hall–Kier alpha value is -2.12. The van der Waals surface area contributed by atoms with Crippen LogP contribution >= 0.6 is 11.8 Å². The highest BCUT2D eigenvalue weighted by molar-refractivity contribution is 8.13. The monoisotopic (exact) mass is 376 g/mol. The number of ether oxygens (including phenoxy) is 1. The Morgan fingerprint density at radius 3 is 2.96 bits per heavy atom. The van der Waals surface area contributed by atoms with Gasteiger partial charge in [-0.15, -0.1) is 0 Å². The molecule has 0 saturated carbocycles. The van der Waals surface area contributed by atoms with Gasteiger partial charge in [0, 0.05) is 24.8 Å². The Morgan fingerprint density at radius 1 is 1.42 bits per heavy atom. The number of nitrogens with two attached hydrogens (primary N) is 1. The molecule has 1 aliphatic rings. The number of hydrogen-bond acceptors (Lipinski definition) is 6. The molecule has 2 N–H and O–H groups in total. The molecule has 0 spiro atoms. The number of hydrogen-bond donors (Lipinski definition) is 1. The zero-order valence-corrected chi connectivity index (χ0v) is 15.6. The van der Waals surface area contributed by atoms with Gasteiger partial charge in [0.2, 0.25) is 5.78 Å². The van der Waals surface area contributed by atoms with Gasteiger partial charge in [-0.25, -0.2) is 4.39 Å². The molecule has 26 heavy (non-hydrogen) atoms. The van der Waals surface area contributed by atoms with Crippen LogP contribution in [0, 0.1) is 5.82 Å². The Kier molecular flexibility index (Phi) is 5.48. The third kappa shape index (κ3) is 3.99. The Bertz CT molecular complexity index is 849. The molecule has 0 fully saturated rings. The molecule has 3 rings (SSSR count). The average Bonchev–Trinajstić information content (AvgIpc) is 3.05. The first-order valence-corrected chi connectivity index (χ1v) is 9.28. The molecule has 7 heteroatoms. The molecule has 1 aromatic carbocycles. The van der Waals surface area contributed by atoms with Crippen LogP contribution in [0.3, 0.4) is 0 Å². The molecule has 1 aromatic heterocycles. The van der Waals surface area contributed by atoms with Crippen molar-refractivity contribution in [3.63, 3.8) is 0 Å². The second-order valence-electron chi connectivity index (χ2n) is 6.44. The number of rotatable bonds is 6. The molecule has 5 nitrogen and oxygen atoms in total. The van der Waals surface area contributed by atoms with Crippen LogP contribution in [-0.4, -0.2) is 23.8 Å². The minimum atomic E-state index is -0.714. The zero-order valence-electron chi connectivity index (χ0n) is 14.8. The zero-order chi connectivity index (χ0) is 18.7. The van der Waals surface area contributed by atoms with Crippen molar-refractivity contribution in [2.45, 2.75) is 31.9 Å². The van der Waals surface area contributed by atoms with Gasteiger partial charge >= 0.3 is 0 Å². The Morgan fingerprint density at radius 2 is 2.23 bits per heavy atom. The molecule has 0 unspecified atom stereocenters. The first-order valence-electron chi connectivity index (χ1n) is 8.29. The van der Waals surface area contributed by atoms with E-state index < -0.39 is 5.54 Å². The van der Waals surface area contributed by atoms with E-state index in [2.05, 4.69) is 4.99 Å². The molecule has 0 aliphatic carbocycles. The normalized spacial score (nSPS) is 20.0. The predicted molar refractivity (Wildman–Crippen MR) is 99.9 cm³/mol. The van der Waals surface area contributed by atoms with E-state index in [1.54, 1.807) is 31.4 Å². The molecular weight excluding hydrogens is 355 g/mol. The minimum absolute atomic E-state index is 0.122. The molecule has 0 saturated heterocycles. The van der Waals surface area contributed by atoms with Crippen LogP contribution in [0.1, 0.15) is 40.8 Å². The molecule has 0 amide bonds. The SMILES string of the molecule is COCc1ccc(C(=O)Cc2ccc(F)c([C@]3(C)CCSC(N)=N3)c2)o1. The van der Waals surface area contributed by atoms with Crippen molar-refractivity contribution in [2.24, 2.45) is 10.7 Å². The highest BCUT2D eigenvalue weighted by Crippen LogP contribution is 2.36. The number of aliphatic imine (C=N–C) groups is 1.